The van der Waals surface area contributed by atoms with Crippen molar-refractivity contribution in [2.45, 2.75) is 72.1 Å². The fourth-order valence-corrected chi connectivity index (χ4v) is 5.39. The number of anilines is 2. The molecule has 0 saturated carbocycles. The number of nitrogens with one attached hydrogen (secondary N) is 2. The number of pyridine rings is 1. The van der Waals surface area contributed by atoms with Crippen molar-refractivity contribution in [2.75, 3.05) is 44.0 Å². The Labute approximate surface area is 275 Å². The molecule has 3 aromatic rings. The van der Waals surface area contributed by atoms with Crippen molar-refractivity contribution in [1.82, 2.24) is 19.9 Å². The first-order valence-corrected chi connectivity index (χ1v) is 16.0. The molecule has 3 heterocycles. The zero-order valence-corrected chi connectivity index (χ0v) is 28.0. The van der Waals surface area contributed by atoms with Crippen molar-refractivity contribution in [1.29, 1.82) is 0 Å². The van der Waals surface area contributed by atoms with Crippen LogP contribution in [0.4, 0.5) is 16.2 Å². The summed E-state index contributed by atoms with van der Waals surface area (Å²) in [7, 11) is 1.69. The number of fused-ring (bicyclic) bond motifs is 1. The lowest BCUT2D eigenvalue weighted by molar-refractivity contribution is -0.0115. The number of amides is 4. The minimum Gasteiger partial charge on any atom is -0.490 e. The van der Waals surface area contributed by atoms with Gasteiger partial charge in [0.05, 0.1) is 30.4 Å². The Balaban J connectivity index is 1.60. The Morgan fingerprint density at radius 1 is 1.13 bits per heavy atom. The Bertz CT molecular complexity index is 1490. The maximum absolute atomic E-state index is 14.3. The van der Waals surface area contributed by atoms with Gasteiger partial charge >= 0.3 is 6.03 Å². The van der Waals surface area contributed by atoms with E-state index in [0.29, 0.717) is 40.7 Å². The lowest BCUT2D eigenvalue weighted by Crippen LogP contribution is -2.48. The van der Waals surface area contributed by atoms with E-state index in [9.17, 15) is 19.5 Å². The molecule has 13 heteroatoms. The second-order valence-electron chi connectivity index (χ2n) is 12.2. The summed E-state index contributed by atoms with van der Waals surface area (Å²) in [6.07, 6.45) is 4.81. The number of ether oxygens (including phenoxy) is 2. The Morgan fingerprint density at radius 2 is 1.87 bits per heavy atom. The monoisotopic (exact) mass is 650 g/mol. The molecule has 0 radical (unpaired) electrons. The third-order valence-electron chi connectivity index (χ3n) is 8.32. The standard InChI is InChI=1S/C34H46N6O7/c1-21-18-40(22(2)20-41)33(43)28-17-27(36-32(42)26-12-14-35-15-13-26)10-11-29(28)46-23(3)9-7-8-16-45-30(21)19-39(6)34(44)37-31-24(4)38-47-25(31)5/h10-15,17,21-23,30,41H,7-9,16,18-20H2,1-6H3,(H,36,42)(H,37,44)/t21-,22-,23+,30+/m0/s1. The Morgan fingerprint density at radius 3 is 2.55 bits per heavy atom. The number of aryl methyl sites for hydroxylation is 2. The smallest absolute Gasteiger partial charge is 0.321 e. The maximum atomic E-state index is 14.3. The highest BCUT2D eigenvalue weighted by Gasteiger charge is 2.31. The van der Waals surface area contributed by atoms with Gasteiger partial charge in [-0.05, 0) is 77.3 Å². The van der Waals surface area contributed by atoms with Gasteiger partial charge in [0, 0.05) is 56.3 Å². The molecule has 0 saturated heterocycles. The zero-order chi connectivity index (χ0) is 34.1. The molecule has 1 aliphatic heterocycles. The maximum Gasteiger partial charge on any atom is 0.321 e. The molecular formula is C34H46N6O7. The molecule has 2 aromatic heterocycles. The van der Waals surface area contributed by atoms with Crippen LogP contribution in [0.25, 0.3) is 0 Å². The number of rotatable bonds is 7. The van der Waals surface area contributed by atoms with E-state index in [1.165, 1.54) is 12.4 Å². The van der Waals surface area contributed by atoms with Crippen LogP contribution < -0.4 is 15.4 Å². The molecule has 0 unspecified atom stereocenters. The molecule has 254 valence electrons. The van der Waals surface area contributed by atoms with Crippen molar-refractivity contribution >= 4 is 29.2 Å². The molecule has 0 fully saturated rings. The highest BCUT2D eigenvalue weighted by atomic mass is 16.5. The Kier molecular flexibility index (Phi) is 12.3. The molecule has 3 N–H and O–H groups in total. The molecule has 0 bridgehead atoms. The number of hydrogen-bond acceptors (Lipinski definition) is 9. The number of urea groups is 1. The van der Waals surface area contributed by atoms with Crippen LogP contribution in [0, 0.1) is 19.8 Å². The van der Waals surface area contributed by atoms with Gasteiger partial charge in [0.15, 0.2) is 5.76 Å². The van der Waals surface area contributed by atoms with E-state index in [1.54, 1.807) is 68.0 Å². The van der Waals surface area contributed by atoms with Crippen LogP contribution >= 0.6 is 0 Å². The number of likely N-dealkylation sites (N-methyl/N-ethyl adjacent to an activating group) is 1. The summed E-state index contributed by atoms with van der Waals surface area (Å²) in [4.78, 5) is 47.5. The van der Waals surface area contributed by atoms with Crippen LogP contribution in [0.1, 0.15) is 72.2 Å². The first kappa shape index (κ1) is 35.4. The van der Waals surface area contributed by atoms with Crippen LogP contribution in [0.5, 0.6) is 5.75 Å². The van der Waals surface area contributed by atoms with Gasteiger partial charge < -0.3 is 39.5 Å². The van der Waals surface area contributed by atoms with E-state index in [4.69, 9.17) is 14.0 Å². The zero-order valence-electron chi connectivity index (χ0n) is 28.0. The number of carbonyl (C=O) groups is 3. The molecule has 4 atom stereocenters. The summed E-state index contributed by atoms with van der Waals surface area (Å²) in [5.74, 6) is -0.0268. The normalized spacial score (nSPS) is 19.9. The summed E-state index contributed by atoms with van der Waals surface area (Å²) >= 11 is 0. The van der Waals surface area contributed by atoms with Gasteiger partial charge in [-0.15, -0.1) is 0 Å². The summed E-state index contributed by atoms with van der Waals surface area (Å²) in [6.45, 7) is 9.86. The molecule has 1 aliphatic rings. The van der Waals surface area contributed by atoms with E-state index >= 15 is 0 Å². The van der Waals surface area contributed by atoms with Gasteiger partial charge in [-0.1, -0.05) is 12.1 Å². The number of carbonyl (C=O) groups excluding carboxylic acids is 3. The first-order chi connectivity index (χ1) is 22.5. The minimum absolute atomic E-state index is 0.195. The number of nitrogens with zero attached hydrogens (tertiary/aromatic N) is 4. The lowest BCUT2D eigenvalue weighted by Gasteiger charge is -2.35. The van der Waals surface area contributed by atoms with Crippen molar-refractivity contribution in [3.63, 3.8) is 0 Å². The van der Waals surface area contributed by atoms with Crippen LogP contribution in [-0.2, 0) is 4.74 Å². The molecular weight excluding hydrogens is 604 g/mol. The van der Waals surface area contributed by atoms with Gasteiger partial charge in [-0.3, -0.25) is 14.6 Å². The topological polar surface area (TPSA) is 159 Å². The predicted octanol–water partition coefficient (Wildman–Crippen LogP) is 4.90. The fraction of sp³-hybridized carbons (Fsp3) is 0.500. The second-order valence-corrected chi connectivity index (χ2v) is 12.2. The third-order valence-corrected chi connectivity index (χ3v) is 8.32. The van der Waals surface area contributed by atoms with Crippen molar-refractivity contribution < 1.29 is 33.5 Å². The predicted molar refractivity (Wildman–Crippen MR) is 177 cm³/mol. The number of benzene rings is 1. The molecule has 13 nitrogen and oxygen atoms in total. The van der Waals surface area contributed by atoms with E-state index in [2.05, 4.69) is 20.8 Å². The average Bonchev–Trinajstić information content (AvgIpc) is 3.38. The van der Waals surface area contributed by atoms with E-state index in [-0.39, 0.29) is 55.1 Å². The summed E-state index contributed by atoms with van der Waals surface area (Å²) in [6, 6.07) is 7.34. The van der Waals surface area contributed by atoms with Gasteiger partial charge in [0.1, 0.15) is 17.1 Å². The number of hydrogen-bond donors (Lipinski definition) is 3. The molecule has 4 amide bonds. The highest BCUT2D eigenvalue weighted by molar-refractivity contribution is 6.05. The van der Waals surface area contributed by atoms with Gasteiger partial charge in [-0.25, -0.2) is 4.79 Å². The van der Waals surface area contributed by atoms with E-state index in [0.717, 1.165) is 19.3 Å². The van der Waals surface area contributed by atoms with Crippen LogP contribution in [-0.4, -0.2) is 94.5 Å². The number of aliphatic hydroxyl groups excluding tert-OH is 1. The summed E-state index contributed by atoms with van der Waals surface area (Å²) < 4.78 is 17.8. The average molecular weight is 651 g/mol. The lowest BCUT2D eigenvalue weighted by atomic mass is 10.0. The number of aliphatic hydroxyl groups is 1. The van der Waals surface area contributed by atoms with Gasteiger partial charge in [0.25, 0.3) is 11.8 Å². The Hall–Kier alpha value is -4.49. The fourth-order valence-electron chi connectivity index (χ4n) is 5.39. The van der Waals surface area contributed by atoms with Crippen molar-refractivity contribution in [3.8, 4) is 5.75 Å². The van der Waals surface area contributed by atoms with E-state index in [1.807, 2.05) is 13.8 Å². The molecule has 0 spiro atoms. The quantitative estimate of drug-likeness (QED) is 0.323. The summed E-state index contributed by atoms with van der Waals surface area (Å²) in [5.41, 5.74) is 2.23. The highest BCUT2D eigenvalue weighted by Crippen LogP contribution is 2.29. The van der Waals surface area contributed by atoms with Gasteiger partial charge in [-0.2, -0.15) is 0 Å². The summed E-state index contributed by atoms with van der Waals surface area (Å²) in [5, 5.41) is 19.8. The molecule has 0 aliphatic carbocycles. The van der Waals surface area contributed by atoms with Crippen molar-refractivity contribution in [3.05, 3.63) is 65.3 Å². The molecule has 4 rings (SSSR count). The van der Waals surface area contributed by atoms with E-state index < -0.39 is 12.1 Å². The van der Waals surface area contributed by atoms with Crippen LogP contribution in [0.3, 0.4) is 0 Å². The first-order valence-electron chi connectivity index (χ1n) is 16.0. The second kappa shape index (κ2) is 16.4. The van der Waals surface area contributed by atoms with Crippen LogP contribution in [0.15, 0.2) is 47.2 Å². The van der Waals surface area contributed by atoms with Gasteiger partial charge in [0.2, 0.25) is 0 Å². The third kappa shape index (κ3) is 9.29. The largest absolute Gasteiger partial charge is 0.490 e. The molecule has 47 heavy (non-hydrogen) atoms. The van der Waals surface area contributed by atoms with Crippen LogP contribution in [0.2, 0.25) is 0 Å². The number of aromatic nitrogens is 2. The minimum atomic E-state index is -0.542. The van der Waals surface area contributed by atoms with Crippen molar-refractivity contribution in [2.24, 2.45) is 5.92 Å². The SMILES string of the molecule is Cc1noc(C)c1NC(=O)N(C)C[C@H]1OCCCC[C@@H](C)Oc2ccc(NC(=O)c3ccncc3)cc2C(=O)N([C@@H](C)CO)C[C@@H]1C. The molecule has 1 aromatic carbocycles.